The van der Waals surface area contributed by atoms with Gasteiger partial charge in [0, 0.05) is 18.7 Å². The van der Waals surface area contributed by atoms with Crippen molar-refractivity contribution in [3.63, 3.8) is 0 Å². The van der Waals surface area contributed by atoms with Crippen molar-refractivity contribution in [2.75, 3.05) is 13.1 Å². The fourth-order valence-corrected chi connectivity index (χ4v) is 1.62. The molecule has 0 radical (unpaired) electrons. The molecule has 2 heteroatoms. The van der Waals surface area contributed by atoms with Crippen molar-refractivity contribution in [3.8, 4) is 0 Å². The highest BCUT2D eigenvalue weighted by atomic mass is 16.2. The summed E-state index contributed by atoms with van der Waals surface area (Å²) in [5.41, 5.74) is 0.785. The first kappa shape index (κ1) is 12.8. The summed E-state index contributed by atoms with van der Waals surface area (Å²) in [4.78, 5) is 14.1. The zero-order valence-electron chi connectivity index (χ0n) is 10.4. The summed E-state index contributed by atoms with van der Waals surface area (Å²) in [5.74, 6) is 0.705. The van der Waals surface area contributed by atoms with Crippen LogP contribution >= 0.6 is 0 Å². The quantitative estimate of drug-likeness (QED) is 0.744. The lowest BCUT2D eigenvalue weighted by Crippen LogP contribution is -2.34. The van der Waals surface area contributed by atoms with Crippen molar-refractivity contribution in [1.29, 1.82) is 0 Å². The molecule has 0 aliphatic heterocycles. The van der Waals surface area contributed by atoms with E-state index in [9.17, 15) is 4.79 Å². The molecule has 0 bridgehead atoms. The van der Waals surface area contributed by atoms with Crippen molar-refractivity contribution in [1.82, 2.24) is 4.90 Å². The van der Waals surface area contributed by atoms with Gasteiger partial charge in [-0.15, -0.1) is 0 Å². The van der Waals surface area contributed by atoms with Crippen LogP contribution in [0.2, 0.25) is 0 Å². The minimum absolute atomic E-state index is 0.142. The fourth-order valence-electron chi connectivity index (χ4n) is 1.62. The summed E-state index contributed by atoms with van der Waals surface area (Å²) in [6.07, 6.45) is 1.11. The van der Waals surface area contributed by atoms with Crippen LogP contribution in [0.5, 0.6) is 0 Å². The molecule has 1 aromatic rings. The molecule has 0 N–H and O–H groups in total. The van der Waals surface area contributed by atoms with Crippen LogP contribution in [0.4, 0.5) is 0 Å². The number of hydrogen-bond donors (Lipinski definition) is 0. The molecule has 88 valence electrons. The summed E-state index contributed by atoms with van der Waals surface area (Å²) in [6, 6.07) is 9.50. The highest BCUT2D eigenvalue weighted by molar-refractivity contribution is 5.94. The number of carbonyl (C=O) groups excluding carboxylic acids is 1. The van der Waals surface area contributed by atoms with Gasteiger partial charge in [0.05, 0.1) is 0 Å². The molecule has 0 aliphatic rings. The maximum Gasteiger partial charge on any atom is 0.253 e. The van der Waals surface area contributed by atoms with E-state index in [1.807, 2.05) is 42.2 Å². The van der Waals surface area contributed by atoms with Crippen molar-refractivity contribution < 1.29 is 4.79 Å². The van der Waals surface area contributed by atoms with Crippen LogP contribution in [-0.4, -0.2) is 23.9 Å². The first-order chi connectivity index (χ1) is 7.69. The second-order valence-electron chi connectivity index (χ2n) is 4.22. The van der Waals surface area contributed by atoms with Crippen LogP contribution in [-0.2, 0) is 0 Å². The van der Waals surface area contributed by atoms with E-state index < -0.39 is 0 Å². The van der Waals surface area contributed by atoms with Gasteiger partial charge in [-0.1, -0.05) is 38.5 Å². The van der Waals surface area contributed by atoms with Crippen LogP contribution in [0, 0.1) is 5.92 Å². The lowest BCUT2D eigenvalue weighted by molar-refractivity contribution is 0.0741. The van der Waals surface area contributed by atoms with Crippen LogP contribution in [0.25, 0.3) is 0 Å². The highest BCUT2D eigenvalue weighted by Crippen LogP contribution is 2.09. The first-order valence-corrected chi connectivity index (χ1v) is 6.03. The molecule has 0 fully saturated rings. The molecule has 1 unspecified atom stereocenters. The molecular formula is C14H21NO. The Morgan fingerprint density at radius 1 is 1.25 bits per heavy atom. The summed E-state index contributed by atoms with van der Waals surface area (Å²) < 4.78 is 0. The molecule has 0 heterocycles. The number of rotatable bonds is 5. The van der Waals surface area contributed by atoms with E-state index in [4.69, 9.17) is 0 Å². The lowest BCUT2D eigenvalue weighted by Gasteiger charge is -2.24. The van der Waals surface area contributed by atoms with E-state index in [1.165, 1.54) is 0 Å². The van der Waals surface area contributed by atoms with E-state index in [2.05, 4.69) is 13.8 Å². The third-order valence-corrected chi connectivity index (χ3v) is 2.92. The van der Waals surface area contributed by atoms with Gasteiger partial charge in [-0.05, 0) is 25.0 Å². The molecule has 1 atom stereocenters. The molecule has 0 saturated heterocycles. The lowest BCUT2D eigenvalue weighted by atomic mass is 10.1. The van der Waals surface area contributed by atoms with E-state index in [-0.39, 0.29) is 5.91 Å². The Morgan fingerprint density at radius 2 is 1.88 bits per heavy atom. The predicted octanol–water partition coefficient (Wildman–Crippen LogP) is 3.19. The number of amides is 1. The Balaban J connectivity index is 2.70. The van der Waals surface area contributed by atoms with Gasteiger partial charge in [0.1, 0.15) is 0 Å². The van der Waals surface area contributed by atoms with Gasteiger partial charge < -0.3 is 4.90 Å². The summed E-state index contributed by atoms with van der Waals surface area (Å²) >= 11 is 0. The molecule has 1 aromatic carbocycles. The molecule has 2 nitrogen and oxygen atoms in total. The van der Waals surface area contributed by atoms with E-state index in [1.54, 1.807) is 0 Å². The van der Waals surface area contributed by atoms with Crippen LogP contribution in [0.1, 0.15) is 37.6 Å². The second-order valence-corrected chi connectivity index (χ2v) is 4.22. The molecule has 1 rings (SSSR count). The van der Waals surface area contributed by atoms with Gasteiger partial charge in [-0.2, -0.15) is 0 Å². The van der Waals surface area contributed by atoms with E-state index in [0.29, 0.717) is 5.92 Å². The molecule has 0 saturated carbocycles. The number of benzene rings is 1. The maximum absolute atomic E-state index is 12.2. The Hall–Kier alpha value is -1.31. The van der Waals surface area contributed by atoms with E-state index >= 15 is 0 Å². The minimum atomic E-state index is 0.142. The van der Waals surface area contributed by atoms with Crippen molar-refractivity contribution in [2.45, 2.75) is 27.2 Å². The largest absolute Gasteiger partial charge is 0.339 e. The maximum atomic E-state index is 12.2. The smallest absolute Gasteiger partial charge is 0.253 e. The van der Waals surface area contributed by atoms with Crippen molar-refractivity contribution in [2.24, 2.45) is 5.92 Å². The number of nitrogens with zero attached hydrogens (tertiary/aromatic N) is 1. The van der Waals surface area contributed by atoms with Gasteiger partial charge in [0.15, 0.2) is 0 Å². The monoisotopic (exact) mass is 219 g/mol. The Labute approximate surface area is 98.3 Å². The van der Waals surface area contributed by atoms with Gasteiger partial charge >= 0.3 is 0 Å². The SMILES string of the molecule is CCC(C)CN(CC)C(=O)c1ccccc1. The Kier molecular flexibility index (Phi) is 5.03. The highest BCUT2D eigenvalue weighted by Gasteiger charge is 2.15. The van der Waals surface area contributed by atoms with Crippen LogP contribution in [0.15, 0.2) is 30.3 Å². The van der Waals surface area contributed by atoms with Gasteiger partial charge in [-0.25, -0.2) is 0 Å². The molecule has 0 aromatic heterocycles. The van der Waals surface area contributed by atoms with Gasteiger partial charge in [0.2, 0.25) is 0 Å². The second kappa shape index (κ2) is 6.31. The van der Waals surface area contributed by atoms with Crippen molar-refractivity contribution in [3.05, 3.63) is 35.9 Å². The normalized spacial score (nSPS) is 12.2. The van der Waals surface area contributed by atoms with Crippen molar-refractivity contribution >= 4 is 5.91 Å². The molecule has 1 amide bonds. The predicted molar refractivity (Wildman–Crippen MR) is 67.5 cm³/mol. The summed E-state index contributed by atoms with van der Waals surface area (Å²) in [6.45, 7) is 7.99. The average molecular weight is 219 g/mol. The van der Waals surface area contributed by atoms with Crippen LogP contribution in [0.3, 0.4) is 0 Å². The van der Waals surface area contributed by atoms with Crippen LogP contribution < -0.4 is 0 Å². The Bertz CT molecular complexity index is 321. The zero-order chi connectivity index (χ0) is 12.0. The third kappa shape index (κ3) is 3.37. The topological polar surface area (TPSA) is 20.3 Å². The molecular weight excluding hydrogens is 198 g/mol. The van der Waals surface area contributed by atoms with Gasteiger partial charge in [-0.3, -0.25) is 4.79 Å². The minimum Gasteiger partial charge on any atom is -0.339 e. The number of carbonyl (C=O) groups is 1. The summed E-state index contributed by atoms with van der Waals surface area (Å²) in [5, 5.41) is 0. The molecule has 0 aliphatic carbocycles. The Morgan fingerprint density at radius 3 is 2.38 bits per heavy atom. The summed E-state index contributed by atoms with van der Waals surface area (Å²) in [7, 11) is 0. The number of hydrogen-bond acceptors (Lipinski definition) is 1. The van der Waals surface area contributed by atoms with E-state index in [0.717, 1.165) is 25.1 Å². The molecule has 0 spiro atoms. The third-order valence-electron chi connectivity index (χ3n) is 2.92. The fraction of sp³-hybridized carbons (Fsp3) is 0.500. The zero-order valence-corrected chi connectivity index (χ0v) is 10.4. The van der Waals surface area contributed by atoms with Gasteiger partial charge in [0.25, 0.3) is 5.91 Å². The average Bonchev–Trinajstić information content (AvgIpc) is 2.35. The molecule has 16 heavy (non-hydrogen) atoms. The first-order valence-electron chi connectivity index (χ1n) is 6.03. The standard InChI is InChI=1S/C14H21NO/c1-4-12(3)11-15(5-2)14(16)13-9-7-6-8-10-13/h6-10,12H,4-5,11H2,1-3H3.